The summed E-state index contributed by atoms with van der Waals surface area (Å²) in [5.41, 5.74) is 1.74. The van der Waals surface area contributed by atoms with Gasteiger partial charge in [-0.15, -0.1) is 15.3 Å². The van der Waals surface area contributed by atoms with Crippen LogP contribution in [-0.2, 0) is 4.74 Å². The Morgan fingerprint density at radius 2 is 2.08 bits per heavy atom. The van der Waals surface area contributed by atoms with Crippen LogP contribution in [0.4, 0.5) is 5.82 Å². The molecule has 2 aromatic heterocycles. The van der Waals surface area contributed by atoms with Crippen LogP contribution in [0.15, 0.2) is 42.5 Å². The molecule has 1 saturated heterocycles. The van der Waals surface area contributed by atoms with Crippen molar-refractivity contribution in [3.05, 3.63) is 42.5 Å². The summed E-state index contributed by atoms with van der Waals surface area (Å²) in [6.07, 6.45) is 3.51. The summed E-state index contributed by atoms with van der Waals surface area (Å²) < 4.78 is 7.61. The van der Waals surface area contributed by atoms with Gasteiger partial charge in [-0.2, -0.15) is 4.52 Å². The molecule has 0 bridgehead atoms. The Morgan fingerprint density at radius 3 is 2.83 bits per heavy atom. The van der Waals surface area contributed by atoms with Crippen LogP contribution in [-0.4, -0.2) is 38.6 Å². The van der Waals surface area contributed by atoms with E-state index >= 15 is 0 Å². The number of benzene rings is 1. The fourth-order valence-corrected chi connectivity index (χ4v) is 3.20. The van der Waals surface area contributed by atoms with Gasteiger partial charge in [-0.25, -0.2) is 0 Å². The molecule has 2 unspecified atom stereocenters. The van der Waals surface area contributed by atoms with Gasteiger partial charge in [-0.3, -0.25) is 0 Å². The molecule has 0 saturated carbocycles. The van der Waals surface area contributed by atoms with Gasteiger partial charge in [0.1, 0.15) is 5.82 Å². The second kappa shape index (κ2) is 6.57. The molecule has 0 radical (unpaired) electrons. The maximum atomic E-state index is 5.82. The smallest absolute Gasteiger partial charge is 0.185 e. The van der Waals surface area contributed by atoms with Gasteiger partial charge in [-0.05, 0) is 31.4 Å². The van der Waals surface area contributed by atoms with Crippen molar-refractivity contribution in [2.45, 2.75) is 38.3 Å². The molecule has 0 amide bonds. The van der Waals surface area contributed by atoms with Crippen molar-refractivity contribution < 1.29 is 4.74 Å². The number of ether oxygens (including phenoxy) is 1. The third kappa shape index (κ3) is 2.85. The van der Waals surface area contributed by atoms with E-state index in [0.717, 1.165) is 48.7 Å². The van der Waals surface area contributed by atoms with Crippen molar-refractivity contribution in [2.24, 2.45) is 0 Å². The highest BCUT2D eigenvalue weighted by Gasteiger charge is 2.25. The van der Waals surface area contributed by atoms with Crippen molar-refractivity contribution in [2.75, 3.05) is 11.9 Å². The predicted molar refractivity (Wildman–Crippen MR) is 92.9 cm³/mol. The predicted octanol–water partition coefficient (Wildman–Crippen LogP) is 3.16. The maximum Gasteiger partial charge on any atom is 0.185 e. The molecule has 1 aromatic carbocycles. The average Bonchev–Trinajstić information content (AvgIpc) is 3.30. The summed E-state index contributed by atoms with van der Waals surface area (Å²) in [7, 11) is 0. The van der Waals surface area contributed by atoms with E-state index in [0.29, 0.717) is 0 Å². The molecule has 0 spiro atoms. The standard InChI is InChI=1S/C18H21N5O/c1-2-14(15-9-6-12-24-15)19-16-10-11-17-20-21-18(23(17)22-16)13-7-4-3-5-8-13/h3-5,7-8,10-11,14-15H,2,6,9,12H2,1H3,(H,19,22). The van der Waals surface area contributed by atoms with Gasteiger partial charge >= 0.3 is 0 Å². The molecule has 1 aliphatic rings. The number of hydrogen-bond donors (Lipinski definition) is 1. The zero-order chi connectivity index (χ0) is 16.4. The van der Waals surface area contributed by atoms with Crippen molar-refractivity contribution in [1.29, 1.82) is 0 Å². The van der Waals surface area contributed by atoms with Gasteiger partial charge < -0.3 is 10.1 Å². The third-order valence-electron chi connectivity index (χ3n) is 4.48. The zero-order valence-corrected chi connectivity index (χ0v) is 13.7. The Hall–Kier alpha value is -2.47. The Labute approximate surface area is 140 Å². The molecule has 0 aliphatic carbocycles. The summed E-state index contributed by atoms with van der Waals surface area (Å²) in [5.74, 6) is 1.57. The highest BCUT2D eigenvalue weighted by Crippen LogP contribution is 2.22. The van der Waals surface area contributed by atoms with E-state index < -0.39 is 0 Å². The Balaban J connectivity index is 1.65. The Morgan fingerprint density at radius 1 is 1.21 bits per heavy atom. The van der Waals surface area contributed by atoms with Crippen LogP contribution in [0.25, 0.3) is 17.0 Å². The first-order valence-electron chi connectivity index (χ1n) is 8.51. The second-order valence-corrected chi connectivity index (χ2v) is 6.09. The fraction of sp³-hybridized carbons (Fsp3) is 0.389. The van der Waals surface area contributed by atoms with Gasteiger partial charge in [0.15, 0.2) is 11.5 Å². The van der Waals surface area contributed by atoms with E-state index in [2.05, 4.69) is 22.4 Å². The lowest BCUT2D eigenvalue weighted by atomic mass is 10.1. The SMILES string of the molecule is CCC(Nc1ccc2nnc(-c3ccccc3)n2n1)C1CCCO1. The maximum absolute atomic E-state index is 5.82. The monoisotopic (exact) mass is 323 g/mol. The number of anilines is 1. The van der Waals surface area contributed by atoms with Crippen molar-refractivity contribution in [3.8, 4) is 11.4 Å². The minimum absolute atomic E-state index is 0.266. The molecular formula is C18H21N5O. The summed E-state index contributed by atoms with van der Waals surface area (Å²) >= 11 is 0. The quantitative estimate of drug-likeness (QED) is 0.781. The van der Waals surface area contributed by atoms with Gasteiger partial charge in [-0.1, -0.05) is 37.3 Å². The number of aromatic nitrogens is 4. The number of rotatable bonds is 5. The normalized spacial score (nSPS) is 18.8. The van der Waals surface area contributed by atoms with Gasteiger partial charge in [0.2, 0.25) is 0 Å². The van der Waals surface area contributed by atoms with Crippen LogP contribution in [0.2, 0.25) is 0 Å². The van der Waals surface area contributed by atoms with Crippen molar-refractivity contribution >= 4 is 11.5 Å². The van der Waals surface area contributed by atoms with Crippen LogP contribution in [0.3, 0.4) is 0 Å². The topological polar surface area (TPSA) is 64.3 Å². The minimum atomic E-state index is 0.266. The first kappa shape index (κ1) is 15.1. The molecule has 6 heteroatoms. The number of hydrogen-bond acceptors (Lipinski definition) is 5. The highest BCUT2D eigenvalue weighted by molar-refractivity contribution is 5.59. The highest BCUT2D eigenvalue weighted by atomic mass is 16.5. The molecule has 3 aromatic rings. The molecule has 2 atom stereocenters. The lowest BCUT2D eigenvalue weighted by Crippen LogP contribution is -2.33. The van der Waals surface area contributed by atoms with E-state index in [4.69, 9.17) is 9.84 Å². The third-order valence-corrected chi connectivity index (χ3v) is 4.48. The summed E-state index contributed by atoms with van der Waals surface area (Å²) in [5, 5.41) is 16.7. The second-order valence-electron chi connectivity index (χ2n) is 6.09. The largest absolute Gasteiger partial charge is 0.376 e. The van der Waals surface area contributed by atoms with Gasteiger partial charge in [0.05, 0.1) is 12.1 Å². The van der Waals surface area contributed by atoms with Crippen LogP contribution in [0.5, 0.6) is 0 Å². The summed E-state index contributed by atoms with van der Waals surface area (Å²) in [6.45, 7) is 3.03. The fourth-order valence-electron chi connectivity index (χ4n) is 3.20. The molecule has 24 heavy (non-hydrogen) atoms. The molecule has 124 valence electrons. The number of fused-ring (bicyclic) bond motifs is 1. The zero-order valence-electron chi connectivity index (χ0n) is 13.7. The Kier molecular flexibility index (Phi) is 4.13. The van der Waals surface area contributed by atoms with E-state index in [9.17, 15) is 0 Å². The van der Waals surface area contributed by atoms with Crippen LogP contribution in [0, 0.1) is 0 Å². The Bertz CT molecular complexity index is 811. The minimum Gasteiger partial charge on any atom is -0.376 e. The summed E-state index contributed by atoms with van der Waals surface area (Å²) in [4.78, 5) is 0. The average molecular weight is 323 g/mol. The van der Waals surface area contributed by atoms with E-state index in [-0.39, 0.29) is 12.1 Å². The molecule has 3 heterocycles. The number of nitrogens with one attached hydrogen (secondary N) is 1. The molecular weight excluding hydrogens is 302 g/mol. The van der Waals surface area contributed by atoms with E-state index in [1.54, 1.807) is 4.52 Å². The van der Waals surface area contributed by atoms with Crippen LogP contribution < -0.4 is 5.32 Å². The van der Waals surface area contributed by atoms with Gasteiger partial charge in [0, 0.05) is 12.2 Å². The first-order chi connectivity index (χ1) is 11.8. The molecule has 6 nitrogen and oxygen atoms in total. The first-order valence-corrected chi connectivity index (χ1v) is 8.51. The molecule has 4 rings (SSSR count). The van der Waals surface area contributed by atoms with Crippen LogP contribution in [0.1, 0.15) is 26.2 Å². The molecule has 1 fully saturated rings. The van der Waals surface area contributed by atoms with Crippen molar-refractivity contribution in [1.82, 2.24) is 19.8 Å². The van der Waals surface area contributed by atoms with Crippen LogP contribution >= 0.6 is 0 Å². The summed E-state index contributed by atoms with van der Waals surface area (Å²) in [6, 6.07) is 14.2. The molecule has 1 N–H and O–H groups in total. The lowest BCUT2D eigenvalue weighted by molar-refractivity contribution is 0.0942. The van der Waals surface area contributed by atoms with E-state index in [1.165, 1.54) is 0 Å². The number of nitrogens with zero attached hydrogens (tertiary/aromatic N) is 4. The van der Waals surface area contributed by atoms with Crippen molar-refractivity contribution in [3.63, 3.8) is 0 Å². The molecule has 1 aliphatic heterocycles. The lowest BCUT2D eigenvalue weighted by Gasteiger charge is -2.23. The van der Waals surface area contributed by atoms with E-state index in [1.807, 2.05) is 42.5 Å². The van der Waals surface area contributed by atoms with Gasteiger partial charge in [0.25, 0.3) is 0 Å².